The number of carbonyl (C=O) groups excluding carboxylic acids is 1. The Morgan fingerprint density at radius 3 is 2.64 bits per heavy atom. The number of hydrogen-bond donors (Lipinski definition) is 1. The minimum absolute atomic E-state index is 0.0551. The van der Waals surface area contributed by atoms with E-state index in [1.165, 1.54) is 0 Å². The molecular formula is C10H11Br2NO. The van der Waals surface area contributed by atoms with Gasteiger partial charge in [0.25, 0.3) is 0 Å². The lowest BCUT2D eigenvalue weighted by molar-refractivity contribution is 0.0996. The number of ketones is 1. The average molecular weight is 321 g/mol. The number of halogens is 2. The fourth-order valence-corrected chi connectivity index (χ4v) is 1.76. The van der Waals surface area contributed by atoms with Crippen molar-refractivity contribution in [1.82, 2.24) is 0 Å². The zero-order valence-electron chi connectivity index (χ0n) is 7.76. The van der Waals surface area contributed by atoms with Crippen molar-refractivity contribution < 1.29 is 4.79 Å². The lowest BCUT2D eigenvalue weighted by Crippen LogP contribution is -2.10. The summed E-state index contributed by atoms with van der Waals surface area (Å²) in [5.74, 6) is 0.0551. The van der Waals surface area contributed by atoms with Crippen LogP contribution < -0.4 is 5.73 Å². The third-order valence-electron chi connectivity index (χ3n) is 1.82. The molecular weight excluding hydrogens is 310 g/mol. The number of nitrogen functional groups attached to an aromatic ring is 1. The molecule has 2 nitrogen and oxygen atoms in total. The summed E-state index contributed by atoms with van der Waals surface area (Å²) < 4.78 is 0. The van der Waals surface area contributed by atoms with Crippen LogP contribution in [0.5, 0.6) is 0 Å². The van der Waals surface area contributed by atoms with Crippen LogP contribution in [0.2, 0.25) is 0 Å². The summed E-state index contributed by atoms with van der Waals surface area (Å²) in [6.45, 7) is 1.80. The van der Waals surface area contributed by atoms with Crippen molar-refractivity contribution in [3.05, 3.63) is 29.3 Å². The van der Waals surface area contributed by atoms with Crippen molar-refractivity contribution >= 4 is 43.3 Å². The molecule has 4 heteroatoms. The molecule has 0 radical (unpaired) electrons. The van der Waals surface area contributed by atoms with Crippen LogP contribution in [0.25, 0.3) is 0 Å². The molecule has 0 aromatic heterocycles. The highest BCUT2D eigenvalue weighted by Crippen LogP contribution is 2.17. The summed E-state index contributed by atoms with van der Waals surface area (Å²) in [6.07, 6.45) is 0. The molecule has 0 heterocycles. The number of alkyl halides is 2. The SMILES string of the molecule is CC(Br)C(=O)c1cc(N)cc(CBr)c1. The van der Waals surface area contributed by atoms with Gasteiger partial charge in [0.05, 0.1) is 4.83 Å². The van der Waals surface area contributed by atoms with Crippen molar-refractivity contribution in [3.63, 3.8) is 0 Å². The Kier molecular flexibility index (Phi) is 4.13. The highest BCUT2D eigenvalue weighted by molar-refractivity contribution is 9.10. The summed E-state index contributed by atoms with van der Waals surface area (Å²) >= 11 is 6.58. The Morgan fingerprint density at radius 1 is 1.50 bits per heavy atom. The summed E-state index contributed by atoms with van der Waals surface area (Å²) in [5, 5.41) is 0.703. The maximum Gasteiger partial charge on any atom is 0.176 e. The molecule has 0 bridgehead atoms. The van der Waals surface area contributed by atoms with Crippen LogP contribution in [0.3, 0.4) is 0 Å². The molecule has 1 aromatic rings. The van der Waals surface area contributed by atoms with Gasteiger partial charge >= 0.3 is 0 Å². The van der Waals surface area contributed by atoms with E-state index in [0.717, 1.165) is 5.56 Å². The van der Waals surface area contributed by atoms with Crippen molar-refractivity contribution in [3.8, 4) is 0 Å². The van der Waals surface area contributed by atoms with Gasteiger partial charge in [-0.2, -0.15) is 0 Å². The quantitative estimate of drug-likeness (QED) is 0.528. The average Bonchev–Trinajstić information content (AvgIpc) is 2.15. The Bertz CT molecular complexity index is 350. The molecule has 1 unspecified atom stereocenters. The first-order valence-electron chi connectivity index (χ1n) is 4.18. The van der Waals surface area contributed by atoms with Crippen LogP contribution in [0.1, 0.15) is 22.8 Å². The van der Waals surface area contributed by atoms with Gasteiger partial charge in [-0.05, 0) is 30.7 Å². The lowest BCUT2D eigenvalue weighted by Gasteiger charge is -2.06. The fraction of sp³-hybridized carbons (Fsp3) is 0.300. The molecule has 0 aliphatic rings. The van der Waals surface area contributed by atoms with E-state index in [9.17, 15) is 4.79 Å². The number of nitrogens with two attached hydrogens (primary N) is 1. The third-order valence-corrected chi connectivity index (χ3v) is 2.88. The highest BCUT2D eigenvalue weighted by Gasteiger charge is 2.12. The van der Waals surface area contributed by atoms with Crippen molar-refractivity contribution in [1.29, 1.82) is 0 Å². The van der Waals surface area contributed by atoms with Gasteiger partial charge in [-0.25, -0.2) is 0 Å². The van der Waals surface area contributed by atoms with E-state index in [0.29, 0.717) is 16.6 Å². The van der Waals surface area contributed by atoms with Crippen molar-refractivity contribution in [2.75, 3.05) is 5.73 Å². The minimum atomic E-state index is -0.174. The second-order valence-electron chi connectivity index (χ2n) is 3.08. The number of benzene rings is 1. The van der Waals surface area contributed by atoms with Gasteiger partial charge in [-0.1, -0.05) is 31.9 Å². The molecule has 0 saturated heterocycles. The summed E-state index contributed by atoms with van der Waals surface area (Å²) in [7, 11) is 0. The number of carbonyl (C=O) groups is 1. The van der Waals surface area contributed by atoms with E-state index < -0.39 is 0 Å². The zero-order valence-corrected chi connectivity index (χ0v) is 10.9. The molecule has 1 rings (SSSR count). The maximum atomic E-state index is 11.6. The first-order chi connectivity index (χ1) is 6.54. The molecule has 14 heavy (non-hydrogen) atoms. The normalized spacial score (nSPS) is 12.5. The van der Waals surface area contributed by atoms with Gasteiger partial charge < -0.3 is 5.73 Å². The molecule has 1 aromatic carbocycles. The molecule has 0 saturated carbocycles. The number of anilines is 1. The van der Waals surface area contributed by atoms with Crippen LogP contribution in [-0.4, -0.2) is 10.6 Å². The number of hydrogen-bond acceptors (Lipinski definition) is 2. The van der Waals surface area contributed by atoms with Gasteiger partial charge in [0.15, 0.2) is 5.78 Å². The van der Waals surface area contributed by atoms with E-state index in [2.05, 4.69) is 31.9 Å². The van der Waals surface area contributed by atoms with E-state index in [-0.39, 0.29) is 10.6 Å². The van der Waals surface area contributed by atoms with Crippen molar-refractivity contribution in [2.24, 2.45) is 0 Å². The molecule has 2 N–H and O–H groups in total. The predicted molar refractivity (Wildman–Crippen MR) is 66.2 cm³/mol. The zero-order chi connectivity index (χ0) is 10.7. The molecule has 76 valence electrons. The van der Waals surface area contributed by atoms with E-state index in [1.807, 2.05) is 12.1 Å². The molecule has 0 amide bonds. The highest BCUT2D eigenvalue weighted by atomic mass is 79.9. The Morgan fingerprint density at radius 2 is 2.14 bits per heavy atom. The maximum absolute atomic E-state index is 11.6. The summed E-state index contributed by atoms with van der Waals surface area (Å²) in [5.41, 5.74) is 7.98. The standard InChI is InChI=1S/C10H11Br2NO/c1-6(12)10(14)8-2-7(5-11)3-9(13)4-8/h2-4,6H,5,13H2,1H3. The Labute approximate surface area is 100 Å². The van der Waals surface area contributed by atoms with E-state index >= 15 is 0 Å². The largest absolute Gasteiger partial charge is 0.399 e. The Hall–Kier alpha value is -0.350. The summed E-state index contributed by atoms with van der Waals surface area (Å²) in [6, 6.07) is 5.40. The van der Waals surface area contributed by atoms with Crippen molar-refractivity contribution in [2.45, 2.75) is 17.1 Å². The molecule has 1 atom stereocenters. The predicted octanol–water partition coefficient (Wildman–Crippen LogP) is 3.13. The number of Topliss-reactive ketones (excluding diaryl/α,β-unsaturated/α-hetero) is 1. The van der Waals surface area contributed by atoms with Gasteiger partial charge in [-0.3, -0.25) is 4.79 Å². The second-order valence-corrected chi connectivity index (χ2v) is 5.01. The first-order valence-corrected chi connectivity index (χ1v) is 6.22. The third kappa shape index (κ3) is 2.82. The van der Waals surface area contributed by atoms with Crippen LogP contribution in [0.15, 0.2) is 18.2 Å². The van der Waals surface area contributed by atoms with Gasteiger partial charge in [-0.15, -0.1) is 0 Å². The topological polar surface area (TPSA) is 43.1 Å². The van der Waals surface area contributed by atoms with E-state index in [1.54, 1.807) is 13.0 Å². The van der Waals surface area contributed by atoms with E-state index in [4.69, 9.17) is 5.73 Å². The van der Waals surface area contributed by atoms with Gasteiger partial charge in [0.1, 0.15) is 0 Å². The smallest absolute Gasteiger partial charge is 0.176 e. The molecule has 0 spiro atoms. The lowest BCUT2D eigenvalue weighted by atomic mass is 10.1. The van der Waals surface area contributed by atoms with Gasteiger partial charge in [0.2, 0.25) is 0 Å². The molecule has 0 aliphatic carbocycles. The molecule has 0 fully saturated rings. The van der Waals surface area contributed by atoms with Gasteiger partial charge in [0, 0.05) is 16.6 Å². The summed E-state index contributed by atoms with van der Waals surface area (Å²) in [4.78, 5) is 11.5. The minimum Gasteiger partial charge on any atom is -0.399 e. The monoisotopic (exact) mass is 319 g/mol. The molecule has 0 aliphatic heterocycles. The van der Waals surface area contributed by atoms with Crippen LogP contribution in [0.4, 0.5) is 5.69 Å². The van der Waals surface area contributed by atoms with Crippen LogP contribution in [-0.2, 0) is 5.33 Å². The second kappa shape index (κ2) is 4.94. The fourth-order valence-electron chi connectivity index (χ4n) is 1.17. The Balaban J connectivity index is 3.09. The number of rotatable bonds is 3. The first kappa shape index (κ1) is 11.7. The van der Waals surface area contributed by atoms with Crippen LogP contribution in [0, 0.1) is 0 Å². The van der Waals surface area contributed by atoms with Crippen LogP contribution >= 0.6 is 31.9 Å².